The molecule has 1 spiro atoms. The van der Waals surface area contributed by atoms with E-state index in [0.717, 1.165) is 32.0 Å². The number of imide groups is 1. The van der Waals surface area contributed by atoms with Crippen LogP contribution in [0.3, 0.4) is 0 Å². The number of imidazole rings is 1. The minimum Gasteiger partial charge on any atom is -0.334 e. The number of aryl methyl sites for hydroxylation is 1. The summed E-state index contributed by atoms with van der Waals surface area (Å²) in [6.07, 6.45) is 0.773. The Kier molecular flexibility index (Phi) is 4.40. The third-order valence-corrected chi connectivity index (χ3v) is 5.93. The normalized spacial score (nSPS) is 30.9. The highest BCUT2D eigenvalue weighted by Crippen LogP contribution is 2.32. The number of halogens is 3. The van der Waals surface area contributed by atoms with Gasteiger partial charge < -0.3 is 15.2 Å². The zero-order valence-electron chi connectivity index (χ0n) is 14.7. The first-order valence-electron chi connectivity index (χ1n) is 9.25. The van der Waals surface area contributed by atoms with Gasteiger partial charge in [-0.3, -0.25) is 10.1 Å². The number of alkyl halides is 3. The van der Waals surface area contributed by atoms with E-state index in [4.69, 9.17) is 0 Å². The van der Waals surface area contributed by atoms with E-state index in [1.807, 2.05) is 0 Å². The monoisotopic (exact) mass is 385 g/mol. The zero-order valence-corrected chi connectivity index (χ0v) is 14.7. The molecule has 1 atom stereocenters. The average molecular weight is 385 g/mol. The van der Waals surface area contributed by atoms with E-state index in [2.05, 4.69) is 20.9 Å². The first-order chi connectivity index (χ1) is 12.7. The fraction of sp³-hybridized carbons (Fsp3) is 0.706. The molecule has 0 unspecified atom stereocenters. The molecule has 3 N–H and O–H groups in total. The van der Waals surface area contributed by atoms with Gasteiger partial charge in [-0.1, -0.05) is 0 Å². The molecule has 0 radical (unpaired) electrons. The molecule has 2 aliphatic heterocycles. The number of amides is 3. The first-order valence-corrected chi connectivity index (χ1v) is 9.25. The van der Waals surface area contributed by atoms with Crippen molar-refractivity contribution in [3.05, 3.63) is 17.7 Å². The molecule has 1 saturated carbocycles. The maximum atomic E-state index is 12.8. The van der Waals surface area contributed by atoms with Crippen LogP contribution in [0.5, 0.6) is 0 Å². The van der Waals surface area contributed by atoms with Crippen LogP contribution < -0.4 is 16.0 Å². The summed E-state index contributed by atoms with van der Waals surface area (Å²) in [5.41, 5.74) is -1.58. The quantitative estimate of drug-likeness (QED) is 0.690. The Morgan fingerprint density at radius 2 is 2.00 bits per heavy atom. The highest BCUT2D eigenvalue weighted by Gasteiger charge is 2.48. The molecular formula is C17H22F3N5O2. The van der Waals surface area contributed by atoms with Crippen molar-refractivity contribution < 1.29 is 22.8 Å². The maximum Gasteiger partial charge on any atom is 0.434 e. The lowest BCUT2D eigenvalue weighted by atomic mass is 9.79. The van der Waals surface area contributed by atoms with Crippen LogP contribution in [-0.4, -0.2) is 39.6 Å². The lowest BCUT2D eigenvalue weighted by Gasteiger charge is -2.36. The number of fused-ring (bicyclic) bond motifs is 1. The Balaban J connectivity index is 1.28. The summed E-state index contributed by atoms with van der Waals surface area (Å²) in [6.45, 7) is 1.25. The molecule has 27 heavy (non-hydrogen) atoms. The number of aromatic nitrogens is 2. The van der Waals surface area contributed by atoms with E-state index in [-0.39, 0.29) is 17.9 Å². The van der Waals surface area contributed by atoms with E-state index >= 15 is 0 Å². The summed E-state index contributed by atoms with van der Waals surface area (Å²) in [4.78, 5) is 27.0. The van der Waals surface area contributed by atoms with Crippen molar-refractivity contribution in [1.29, 1.82) is 0 Å². The predicted octanol–water partition coefficient (Wildman–Crippen LogP) is 1.57. The smallest absolute Gasteiger partial charge is 0.334 e. The van der Waals surface area contributed by atoms with Crippen molar-refractivity contribution >= 4 is 11.9 Å². The fourth-order valence-electron chi connectivity index (χ4n) is 4.35. The van der Waals surface area contributed by atoms with Crippen molar-refractivity contribution in [2.24, 2.45) is 5.92 Å². The molecule has 1 aromatic heterocycles. The van der Waals surface area contributed by atoms with Crippen LogP contribution in [0.4, 0.5) is 18.0 Å². The standard InChI is InChI=1S/C17H22F3N5O2/c18-17(19,20)12-9-25-8-10(1-2-13(25)22-12)7-21-11-3-5-16(6-4-11)14(26)23-15(27)24-16/h9-11,21H,1-8H2,(H2,23,24,26,27)/t10-,11?,16?/m1/s1. The largest absolute Gasteiger partial charge is 0.434 e. The molecule has 3 aliphatic rings. The Bertz CT molecular complexity index is 752. The van der Waals surface area contributed by atoms with Crippen LogP contribution in [0, 0.1) is 5.92 Å². The Morgan fingerprint density at radius 1 is 1.26 bits per heavy atom. The van der Waals surface area contributed by atoms with Crippen LogP contribution >= 0.6 is 0 Å². The number of hydrogen-bond acceptors (Lipinski definition) is 4. The zero-order chi connectivity index (χ0) is 19.2. The van der Waals surface area contributed by atoms with Gasteiger partial charge in [-0.05, 0) is 44.6 Å². The van der Waals surface area contributed by atoms with Crippen LogP contribution in [0.15, 0.2) is 6.20 Å². The highest BCUT2D eigenvalue weighted by molar-refractivity contribution is 6.07. The number of rotatable bonds is 3. The van der Waals surface area contributed by atoms with Crippen LogP contribution in [0.2, 0.25) is 0 Å². The summed E-state index contributed by atoms with van der Waals surface area (Å²) in [5.74, 6) is 0.505. The molecule has 1 saturated heterocycles. The van der Waals surface area contributed by atoms with Gasteiger partial charge in [-0.2, -0.15) is 13.2 Å². The third kappa shape index (κ3) is 3.54. The van der Waals surface area contributed by atoms with Gasteiger partial charge in [-0.25, -0.2) is 9.78 Å². The Hall–Kier alpha value is -2.10. The van der Waals surface area contributed by atoms with E-state index in [9.17, 15) is 22.8 Å². The third-order valence-electron chi connectivity index (χ3n) is 5.93. The second-order valence-electron chi connectivity index (χ2n) is 7.77. The number of nitrogens with zero attached hydrogens (tertiary/aromatic N) is 2. The van der Waals surface area contributed by atoms with E-state index < -0.39 is 23.4 Å². The van der Waals surface area contributed by atoms with Gasteiger partial charge in [0, 0.05) is 25.2 Å². The minimum atomic E-state index is -4.40. The van der Waals surface area contributed by atoms with Crippen LogP contribution in [0.25, 0.3) is 0 Å². The second kappa shape index (κ2) is 6.50. The molecule has 3 amide bonds. The minimum absolute atomic E-state index is 0.244. The van der Waals surface area contributed by atoms with Crippen molar-refractivity contribution in [1.82, 2.24) is 25.5 Å². The van der Waals surface area contributed by atoms with E-state index in [1.165, 1.54) is 0 Å². The molecule has 2 fully saturated rings. The summed E-state index contributed by atoms with van der Waals surface area (Å²) in [7, 11) is 0. The van der Waals surface area contributed by atoms with Gasteiger partial charge >= 0.3 is 12.2 Å². The molecule has 148 valence electrons. The second-order valence-corrected chi connectivity index (χ2v) is 7.77. The van der Waals surface area contributed by atoms with Crippen molar-refractivity contribution in [2.45, 2.75) is 62.8 Å². The number of hydrogen-bond donors (Lipinski definition) is 3. The summed E-state index contributed by atoms with van der Waals surface area (Å²) >= 11 is 0. The lowest BCUT2D eigenvalue weighted by Crippen LogP contribution is -2.52. The van der Waals surface area contributed by atoms with Gasteiger partial charge in [0.05, 0.1) is 0 Å². The Labute approximate surface area is 154 Å². The number of nitrogens with one attached hydrogen (secondary N) is 3. The molecule has 0 aromatic carbocycles. The molecule has 1 aliphatic carbocycles. The summed E-state index contributed by atoms with van der Waals surface area (Å²) in [6, 6.07) is -0.182. The summed E-state index contributed by atoms with van der Waals surface area (Å²) < 4.78 is 40.0. The van der Waals surface area contributed by atoms with Crippen LogP contribution in [0.1, 0.15) is 43.6 Å². The molecular weight excluding hydrogens is 363 g/mol. The number of carbonyl (C=O) groups excluding carboxylic acids is 2. The van der Waals surface area contributed by atoms with Crippen molar-refractivity contribution in [3.8, 4) is 0 Å². The van der Waals surface area contributed by atoms with Gasteiger partial charge in [0.15, 0.2) is 5.69 Å². The molecule has 4 rings (SSSR count). The van der Waals surface area contributed by atoms with Gasteiger partial charge in [-0.15, -0.1) is 0 Å². The van der Waals surface area contributed by atoms with Crippen molar-refractivity contribution in [3.63, 3.8) is 0 Å². The van der Waals surface area contributed by atoms with E-state index in [0.29, 0.717) is 31.6 Å². The average Bonchev–Trinajstić information content (AvgIpc) is 3.15. The Morgan fingerprint density at radius 3 is 2.63 bits per heavy atom. The topological polar surface area (TPSA) is 88.1 Å². The van der Waals surface area contributed by atoms with Gasteiger partial charge in [0.2, 0.25) is 0 Å². The van der Waals surface area contributed by atoms with Gasteiger partial charge in [0.1, 0.15) is 11.4 Å². The number of carbonyl (C=O) groups is 2. The molecule has 3 heterocycles. The molecule has 7 nitrogen and oxygen atoms in total. The van der Waals surface area contributed by atoms with E-state index in [1.54, 1.807) is 4.57 Å². The van der Waals surface area contributed by atoms with Crippen LogP contribution in [-0.2, 0) is 23.9 Å². The molecule has 0 bridgehead atoms. The summed E-state index contributed by atoms with van der Waals surface area (Å²) in [5, 5.41) is 8.53. The number of urea groups is 1. The lowest BCUT2D eigenvalue weighted by molar-refractivity contribution is -0.141. The highest BCUT2D eigenvalue weighted by atomic mass is 19.4. The first kappa shape index (κ1) is 18.3. The molecule has 10 heteroatoms. The molecule has 1 aromatic rings. The SMILES string of the molecule is O=C1NC(=O)C2(CCC(NC[C@H]3CCc4nc(C(F)(F)F)cn4C3)CC2)N1. The fourth-order valence-corrected chi connectivity index (χ4v) is 4.35. The maximum absolute atomic E-state index is 12.8. The van der Waals surface area contributed by atoms with Gasteiger partial charge in [0.25, 0.3) is 5.91 Å². The van der Waals surface area contributed by atoms with Crippen molar-refractivity contribution in [2.75, 3.05) is 6.54 Å². The predicted molar refractivity (Wildman–Crippen MR) is 88.7 cm³/mol.